The minimum atomic E-state index is -0.587. The topological polar surface area (TPSA) is 38.3 Å². The van der Waals surface area contributed by atoms with Crippen molar-refractivity contribution in [2.24, 2.45) is 0 Å². The molecule has 0 bridgehead atoms. The van der Waals surface area contributed by atoms with Crippen LogP contribution in [0.3, 0.4) is 0 Å². The average Bonchev–Trinajstić information content (AvgIpc) is 2.58. The van der Waals surface area contributed by atoms with Crippen molar-refractivity contribution >= 4 is 22.4 Å². The van der Waals surface area contributed by atoms with Gasteiger partial charge in [0.1, 0.15) is 5.75 Å². The van der Waals surface area contributed by atoms with Crippen LogP contribution in [0, 0.1) is 13.8 Å². The molecular formula is C21H21NO2. The number of benzene rings is 3. The first-order valence-corrected chi connectivity index (χ1v) is 8.07. The van der Waals surface area contributed by atoms with Crippen molar-refractivity contribution in [1.29, 1.82) is 0 Å². The molecule has 0 aliphatic rings. The van der Waals surface area contributed by atoms with Crippen LogP contribution in [0.5, 0.6) is 5.75 Å². The average molecular weight is 319 g/mol. The van der Waals surface area contributed by atoms with Gasteiger partial charge in [0.2, 0.25) is 0 Å². The number of carbonyl (C=O) groups is 1. The van der Waals surface area contributed by atoms with Crippen molar-refractivity contribution in [3.8, 4) is 5.75 Å². The molecule has 0 aromatic heterocycles. The Morgan fingerprint density at radius 1 is 1.00 bits per heavy atom. The standard InChI is InChI=1S/C21H21NO2/c1-14-11-12-15(2)19(13-14)22-21(23)16(3)24-20-10-6-8-17-7-4-5-9-18(17)20/h4-13,16H,1-3H3,(H,22,23)/t16-/m0/s1. The zero-order valence-corrected chi connectivity index (χ0v) is 14.2. The molecule has 1 amide bonds. The van der Waals surface area contributed by atoms with Crippen LogP contribution in [0.2, 0.25) is 0 Å². The van der Waals surface area contributed by atoms with Crippen molar-refractivity contribution in [2.45, 2.75) is 26.9 Å². The third kappa shape index (κ3) is 3.40. The maximum Gasteiger partial charge on any atom is 0.265 e. The van der Waals surface area contributed by atoms with Crippen LogP contribution < -0.4 is 10.1 Å². The van der Waals surface area contributed by atoms with Gasteiger partial charge >= 0.3 is 0 Å². The molecule has 0 aliphatic heterocycles. The van der Waals surface area contributed by atoms with Gasteiger partial charge in [-0.1, -0.05) is 48.5 Å². The van der Waals surface area contributed by atoms with E-state index in [4.69, 9.17) is 4.74 Å². The lowest BCUT2D eigenvalue weighted by atomic mass is 10.1. The molecule has 24 heavy (non-hydrogen) atoms. The second kappa shape index (κ2) is 6.75. The van der Waals surface area contributed by atoms with E-state index in [0.29, 0.717) is 0 Å². The summed E-state index contributed by atoms with van der Waals surface area (Å²) in [6.07, 6.45) is -0.587. The van der Waals surface area contributed by atoms with Crippen LogP contribution in [0.1, 0.15) is 18.1 Å². The first kappa shape index (κ1) is 16.1. The highest BCUT2D eigenvalue weighted by Gasteiger charge is 2.16. The number of fused-ring (bicyclic) bond motifs is 1. The second-order valence-corrected chi connectivity index (χ2v) is 6.04. The summed E-state index contributed by atoms with van der Waals surface area (Å²) in [4.78, 5) is 12.5. The zero-order chi connectivity index (χ0) is 17.1. The van der Waals surface area contributed by atoms with E-state index in [1.807, 2.05) is 74.5 Å². The van der Waals surface area contributed by atoms with Gasteiger partial charge in [0.05, 0.1) is 0 Å². The summed E-state index contributed by atoms with van der Waals surface area (Å²) in [5.41, 5.74) is 2.97. The summed E-state index contributed by atoms with van der Waals surface area (Å²) >= 11 is 0. The number of anilines is 1. The van der Waals surface area contributed by atoms with Gasteiger partial charge in [-0.2, -0.15) is 0 Å². The number of aryl methyl sites for hydroxylation is 2. The monoisotopic (exact) mass is 319 g/mol. The number of hydrogen-bond donors (Lipinski definition) is 1. The molecule has 3 nitrogen and oxygen atoms in total. The second-order valence-electron chi connectivity index (χ2n) is 6.04. The SMILES string of the molecule is Cc1ccc(C)c(NC(=O)[C@H](C)Oc2cccc3ccccc23)c1. The summed E-state index contributed by atoms with van der Waals surface area (Å²) < 4.78 is 5.92. The van der Waals surface area contributed by atoms with Gasteiger partial charge in [0.15, 0.2) is 6.10 Å². The fourth-order valence-electron chi connectivity index (χ4n) is 2.65. The molecule has 1 N–H and O–H groups in total. The normalized spacial score (nSPS) is 12.0. The minimum absolute atomic E-state index is 0.156. The maximum atomic E-state index is 12.5. The molecule has 0 fully saturated rings. The van der Waals surface area contributed by atoms with Gasteiger partial charge in [-0.3, -0.25) is 4.79 Å². The Morgan fingerprint density at radius 2 is 1.75 bits per heavy atom. The first-order chi connectivity index (χ1) is 11.5. The third-order valence-electron chi connectivity index (χ3n) is 4.07. The molecule has 3 aromatic carbocycles. The van der Waals surface area contributed by atoms with Crippen LogP contribution in [0.4, 0.5) is 5.69 Å². The summed E-state index contributed by atoms with van der Waals surface area (Å²) in [5, 5.41) is 5.06. The van der Waals surface area contributed by atoms with E-state index in [1.165, 1.54) is 0 Å². The summed E-state index contributed by atoms with van der Waals surface area (Å²) in [6.45, 7) is 5.75. The van der Waals surface area contributed by atoms with E-state index in [1.54, 1.807) is 6.92 Å². The van der Waals surface area contributed by atoms with E-state index in [2.05, 4.69) is 5.32 Å². The number of amides is 1. The number of hydrogen-bond acceptors (Lipinski definition) is 2. The highest BCUT2D eigenvalue weighted by atomic mass is 16.5. The largest absolute Gasteiger partial charge is 0.480 e. The molecule has 122 valence electrons. The van der Waals surface area contributed by atoms with Crippen molar-refractivity contribution in [1.82, 2.24) is 0 Å². The Kier molecular flexibility index (Phi) is 4.52. The highest BCUT2D eigenvalue weighted by Crippen LogP contribution is 2.26. The van der Waals surface area contributed by atoms with E-state index < -0.39 is 6.10 Å². The number of ether oxygens (including phenoxy) is 1. The number of nitrogens with one attached hydrogen (secondary N) is 1. The van der Waals surface area contributed by atoms with E-state index in [-0.39, 0.29) is 5.91 Å². The third-order valence-corrected chi connectivity index (χ3v) is 4.07. The number of carbonyl (C=O) groups excluding carboxylic acids is 1. The smallest absolute Gasteiger partial charge is 0.265 e. The molecule has 0 saturated heterocycles. The van der Waals surface area contributed by atoms with Crippen LogP contribution in [0.15, 0.2) is 60.7 Å². The Bertz CT molecular complexity index is 881. The predicted octanol–water partition coefficient (Wildman–Crippen LogP) is 4.86. The Balaban J connectivity index is 1.77. The van der Waals surface area contributed by atoms with E-state index >= 15 is 0 Å². The molecular weight excluding hydrogens is 298 g/mol. The summed E-state index contributed by atoms with van der Waals surface area (Å²) in [7, 11) is 0. The van der Waals surface area contributed by atoms with Gasteiger partial charge < -0.3 is 10.1 Å². The van der Waals surface area contributed by atoms with Gasteiger partial charge in [0, 0.05) is 11.1 Å². The predicted molar refractivity (Wildman–Crippen MR) is 98.6 cm³/mol. The van der Waals surface area contributed by atoms with Crippen molar-refractivity contribution in [3.63, 3.8) is 0 Å². The fourth-order valence-corrected chi connectivity index (χ4v) is 2.65. The van der Waals surface area contributed by atoms with Gasteiger partial charge in [0.25, 0.3) is 5.91 Å². The Labute approximate surface area is 142 Å². The highest BCUT2D eigenvalue weighted by molar-refractivity contribution is 5.95. The first-order valence-electron chi connectivity index (χ1n) is 8.07. The molecule has 0 heterocycles. The zero-order valence-electron chi connectivity index (χ0n) is 14.2. The molecule has 0 spiro atoms. The molecule has 0 unspecified atom stereocenters. The summed E-state index contributed by atoms with van der Waals surface area (Å²) in [6, 6.07) is 19.8. The lowest BCUT2D eigenvalue weighted by Gasteiger charge is -2.17. The van der Waals surface area contributed by atoms with Crippen LogP contribution in [-0.2, 0) is 4.79 Å². The van der Waals surface area contributed by atoms with Crippen molar-refractivity contribution < 1.29 is 9.53 Å². The maximum absolute atomic E-state index is 12.5. The molecule has 3 heteroatoms. The van der Waals surface area contributed by atoms with Gasteiger partial charge in [-0.15, -0.1) is 0 Å². The lowest BCUT2D eigenvalue weighted by Crippen LogP contribution is -2.30. The fraction of sp³-hybridized carbons (Fsp3) is 0.190. The molecule has 0 aliphatic carbocycles. The molecule has 0 saturated carbocycles. The lowest BCUT2D eigenvalue weighted by molar-refractivity contribution is -0.122. The van der Waals surface area contributed by atoms with E-state index in [9.17, 15) is 4.79 Å². The van der Waals surface area contributed by atoms with Crippen LogP contribution in [0.25, 0.3) is 10.8 Å². The van der Waals surface area contributed by atoms with Gasteiger partial charge in [-0.05, 0) is 49.4 Å². The van der Waals surface area contributed by atoms with Crippen LogP contribution in [-0.4, -0.2) is 12.0 Å². The molecule has 0 radical (unpaired) electrons. The molecule has 3 aromatic rings. The Morgan fingerprint density at radius 3 is 2.58 bits per heavy atom. The number of rotatable bonds is 4. The minimum Gasteiger partial charge on any atom is -0.480 e. The summed E-state index contributed by atoms with van der Waals surface area (Å²) in [5.74, 6) is 0.563. The molecule has 3 rings (SSSR count). The van der Waals surface area contributed by atoms with Crippen molar-refractivity contribution in [3.05, 3.63) is 71.8 Å². The van der Waals surface area contributed by atoms with E-state index in [0.717, 1.165) is 33.3 Å². The van der Waals surface area contributed by atoms with Crippen LogP contribution >= 0.6 is 0 Å². The van der Waals surface area contributed by atoms with Gasteiger partial charge in [-0.25, -0.2) is 0 Å². The quantitative estimate of drug-likeness (QED) is 0.745. The van der Waals surface area contributed by atoms with Crippen molar-refractivity contribution in [2.75, 3.05) is 5.32 Å². The Hall–Kier alpha value is -2.81. The molecule has 1 atom stereocenters.